The molecule has 0 aliphatic heterocycles. The van der Waals surface area contributed by atoms with E-state index in [9.17, 15) is 18.0 Å². The number of hydrogen-bond acceptors (Lipinski definition) is 1. The van der Waals surface area contributed by atoms with Crippen LogP contribution >= 0.6 is 0 Å². The van der Waals surface area contributed by atoms with E-state index in [-0.39, 0.29) is 17.8 Å². The zero-order chi connectivity index (χ0) is 14.7. The summed E-state index contributed by atoms with van der Waals surface area (Å²) in [5.41, 5.74) is 0.0683. The monoisotopic (exact) mass is 279 g/mol. The molecule has 0 radical (unpaired) electrons. The SMILES string of the molecule is CCN(C(=O)c1ccccc1F)c1ccc(F)c(F)c1. The van der Waals surface area contributed by atoms with E-state index >= 15 is 0 Å². The first-order valence-corrected chi connectivity index (χ1v) is 6.06. The molecule has 1 amide bonds. The van der Waals surface area contributed by atoms with Crippen LogP contribution in [0.15, 0.2) is 42.5 Å². The van der Waals surface area contributed by atoms with Gasteiger partial charge in [-0.3, -0.25) is 4.79 Å². The van der Waals surface area contributed by atoms with Gasteiger partial charge in [0.15, 0.2) is 11.6 Å². The Labute approximate surface area is 114 Å². The third kappa shape index (κ3) is 2.66. The predicted octanol–water partition coefficient (Wildman–Crippen LogP) is 3.77. The summed E-state index contributed by atoms with van der Waals surface area (Å²) < 4.78 is 39.8. The molecule has 0 spiro atoms. The van der Waals surface area contributed by atoms with Crippen molar-refractivity contribution >= 4 is 11.6 Å². The third-order valence-corrected chi connectivity index (χ3v) is 2.88. The van der Waals surface area contributed by atoms with Crippen molar-refractivity contribution in [2.24, 2.45) is 0 Å². The summed E-state index contributed by atoms with van der Waals surface area (Å²) >= 11 is 0. The number of rotatable bonds is 3. The number of hydrogen-bond donors (Lipinski definition) is 0. The minimum absolute atomic E-state index is 0.112. The number of halogens is 3. The van der Waals surface area contributed by atoms with E-state index < -0.39 is 23.4 Å². The molecule has 0 aliphatic carbocycles. The van der Waals surface area contributed by atoms with E-state index in [1.165, 1.54) is 35.2 Å². The van der Waals surface area contributed by atoms with E-state index in [4.69, 9.17) is 0 Å². The van der Waals surface area contributed by atoms with Crippen LogP contribution in [-0.4, -0.2) is 12.5 Å². The highest BCUT2D eigenvalue weighted by Crippen LogP contribution is 2.21. The molecule has 0 heterocycles. The fourth-order valence-corrected chi connectivity index (χ4v) is 1.88. The molecule has 0 aromatic heterocycles. The number of amides is 1. The fourth-order valence-electron chi connectivity index (χ4n) is 1.88. The van der Waals surface area contributed by atoms with Crippen molar-refractivity contribution < 1.29 is 18.0 Å². The summed E-state index contributed by atoms with van der Waals surface area (Å²) in [6.45, 7) is 1.87. The molecule has 2 aromatic carbocycles. The second kappa shape index (κ2) is 5.77. The lowest BCUT2D eigenvalue weighted by Gasteiger charge is -2.21. The lowest BCUT2D eigenvalue weighted by atomic mass is 10.1. The molecule has 0 unspecified atom stereocenters. The molecule has 5 heteroatoms. The Morgan fingerprint density at radius 2 is 1.70 bits per heavy atom. The van der Waals surface area contributed by atoms with Crippen LogP contribution in [0.2, 0.25) is 0 Å². The first-order valence-electron chi connectivity index (χ1n) is 6.06. The number of carbonyl (C=O) groups excluding carboxylic acids is 1. The van der Waals surface area contributed by atoms with Gasteiger partial charge in [0.05, 0.1) is 5.56 Å². The predicted molar refractivity (Wildman–Crippen MR) is 70.1 cm³/mol. The zero-order valence-electron chi connectivity index (χ0n) is 10.7. The highest BCUT2D eigenvalue weighted by molar-refractivity contribution is 6.06. The Balaban J connectivity index is 2.39. The van der Waals surface area contributed by atoms with Crippen LogP contribution in [0.4, 0.5) is 18.9 Å². The molecule has 0 atom stereocenters. The summed E-state index contributed by atoms with van der Waals surface area (Å²) in [4.78, 5) is 13.4. The first-order chi connectivity index (χ1) is 9.54. The number of anilines is 1. The van der Waals surface area contributed by atoms with Crippen LogP contribution in [0.25, 0.3) is 0 Å². The maximum Gasteiger partial charge on any atom is 0.261 e. The Morgan fingerprint density at radius 3 is 2.30 bits per heavy atom. The molecular weight excluding hydrogens is 267 g/mol. The minimum Gasteiger partial charge on any atom is -0.308 e. The van der Waals surface area contributed by atoms with Gasteiger partial charge in [0.25, 0.3) is 5.91 Å². The van der Waals surface area contributed by atoms with Gasteiger partial charge in [-0.05, 0) is 31.2 Å². The second-order valence-corrected chi connectivity index (χ2v) is 4.13. The molecule has 0 saturated heterocycles. The van der Waals surface area contributed by atoms with Crippen LogP contribution in [-0.2, 0) is 0 Å². The number of benzene rings is 2. The molecule has 0 fully saturated rings. The third-order valence-electron chi connectivity index (χ3n) is 2.88. The quantitative estimate of drug-likeness (QED) is 0.837. The average Bonchev–Trinajstić information content (AvgIpc) is 2.44. The highest BCUT2D eigenvalue weighted by atomic mass is 19.2. The van der Waals surface area contributed by atoms with Gasteiger partial charge in [-0.25, -0.2) is 13.2 Å². The van der Waals surface area contributed by atoms with Crippen molar-refractivity contribution in [3.8, 4) is 0 Å². The van der Waals surface area contributed by atoms with Crippen LogP contribution in [0.3, 0.4) is 0 Å². The van der Waals surface area contributed by atoms with Crippen molar-refractivity contribution in [1.29, 1.82) is 0 Å². The van der Waals surface area contributed by atoms with Crippen LogP contribution < -0.4 is 4.90 Å². The molecular formula is C15H12F3NO. The van der Waals surface area contributed by atoms with Gasteiger partial charge in [0.2, 0.25) is 0 Å². The molecule has 2 rings (SSSR count). The van der Waals surface area contributed by atoms with Crippen molar-refractivity contribution in [3.05, 3.63) is 65.5 Å². The molecule has 2 aromatic rings. The van der Waals surface area contributed by atoms with Gasteiger partial charge < -0.3 is 4.90 Å². The summed E-state index contributed by atoms with van der Waals surface area (Å²) in [7, 11) is 0. The van der Waals surface area contributed by atoms with Crippen molar-refractivity contribution in [2.45, 2.75) is 6.92 Å². The van der Waals surface area contributed by atoms with Crippen molar-refractivity contribution in [1.82, 2.24) is 0 Å². The van der Waals surface area contributed by atoms with Crippen LogP contribution in [0.5, 0.6) is 0 Å². The smallest absolute Gasteiger partial charge is 0.261 e. The van der Waals surface area contributed by atoms with Gasteiger partial charge in [-0.1, -0.05) is 12.1 Å². The lowest BCUT2D eigenvalue weighted by Crippen LogP contribution is -2.31. The number of nitrogens with zero attached hydrogens (tertiary/aromatic N) is 1. The van der Waals surface area contributed by atoms with Crippen LogP contribution in [0, 0.1) is 17.5 Å². The summed E-state index contributed by atoms with van der Waals surface area (Å²) in [6, 6.07) is 8.65. The Hall–Kier alpha value is -2.30. The Morgan fingerprint density at radius 1 is 1.00 bits per heavy atom. The van der Waals surface area contributed by atoms with Gasteiger partial charge in [0, 0.05) is 18.3 Å². The van der Waals surface area contributed by atoms with E-state index in [1.807, 2.05) is 0 Å². The number of carbonyl (C=O) groups is 1. The van der Waals surface area contributed by atoms with Gasteiger partial charge in [0.1, 0.15) is 5.82 Å². The summed E-state index contributed by atoms with van der Waals surface area (Å²) in [5.74, 6) is -3.31. The van der Waals surface area contributed by atoms with E-state index in [0.29, 0.717) is 0 Å². The Bertz CT molecular complexity index is 643. The molecule has 0 N–H and O–H groups in total. The standard InChI is InChI=1S/C15H12F3NO/c1-2-19(10-7-8-13(17)14(18)9-10)15(20)11-5-3-4-6-12(11)16/h3-9H,2H2,1H3. The van der Waals surface area contributed by atoms with Gasteiger partial charge in [-0.15, -0.1) is 0 Å². The van der Waals surface area contributed by atoms with Crippen molar-refractivity contribution in [2.75, 3.05) is 11.4 Å². The van der Waals surface area contributed by atoms with Gasteiger partial charge in [-0.2, -0.15) is 0 Å². The molecule has 0 aliphatic rings. The molecule has 0 saturated carbocycles. The summed E-state index contributed by atoms with van der Waals surface area (Å²) in [5, 5.41) is 0. The highest BCUT2D eigenvalue weighted by Gasteiger charge is 2.20. The largest absolute Gasteiger partial charge is 0.308 e. The minimum atomic E-state index is -1.05. The first kappa shape index (κ1) is 14.1. The molecule has 20 heavy (non-hydrogen) atoms. The zero-order valence-corrected chi connectivity index (χ0v) is 10.7. The topological polar surface area (TPSA) is 20.3 Å². The molecule has 104 valence electrons. The second-order valence-electron chi connectivity index (χ2n) is 4.13. The maximum atomic E-state index is 13.6. The maximum absolute atomic E-state index is 13.6. The van der Waals surface area contributed by atoms with Crippen molar-refractivity contribution in [3.63, 3.8) is 0 Å². The normalized spacial score (nSPS) is 10.4. The average molecular weight is 279 g/mol. The molecule has 2 nitrogen and oxygen atoms in total. The van der Waals surface area contributed by atoms with E-state index in [1.54, 1.807) is 6.92 Å². The van der Waals surface area contributed by atoms with E-state index in [2.05, 4.69) is 0 Å². The fraction of sp³-hybridized carbons (Fsp3) is 0.133. The summed E-state index contributed by atoms with van der Waals surface area (Å²) in [6.07, 6.45) is 0. The van der Waals surface area contributed by atoms with Gasteiger partial charge >= 0.3 is 0 Å². The van der Waals surface area contributed by atoms with E-state index in [0.717, 1.165) is 12.1 Å². The molecule has 0 bridgehead atoms. The Kier molecular flexibility index (Phi) is 4.08. The lowest BCUT2D eigenvalue weighted by molar-refractivity contribution is 0.0984. The van der Waals surface area contributed by atoms with Crippen LogP contribution in [0.1, 0.15) is 17.3 Å².